The first kappa shape index (κ1) is 25.0. The third-order valence-electron chi connectivity index (χ3n) is 6.29. The standard InChI is InChI=1S/C29H31N3O4/c1-36-26-8-6-7-24(19-26)29(34)32(18-5-3-2-4-9-28(33)31-35)25-14-12-21(13-15-25)23-11-10-22-16-17-30-27(22)20-23/h6-8,10-17,19-20,30,35H,2-5,9,18H2,1H3,(H,31,33). The molecule has 0 saturated carbocycles. The minimum absolute atomic E-state index is 0.0888. The quantitative estimate of drug-likeness (QED) is 0.139. The highest BCUT2D eigenvalue weighted by Crippen LogP contribution is 2.27. The normalized spacial score (nSPS) is 10.8. The summed E-state index contributed by atoms with van der Waals surface area (Å²) in [6.45, 7) is 0.552. The van der Waals surface area contributed by atoms with Crippen molar-refractivity contribution in [1.82, 2.24) is 10.5 Å². The molecule has 0 radical (unpaired) electrons. The van der Waals surface area contributed by atoms with E-state index in [1.54, 1.807) is 29.6 Å². The van der Waals surface area contributed by atoms with E-state index in [4.69, 9.17) is 9.94 Å². The average Bonchev–Trinajstić information content (AvgIpc) is 3.40. The van der Waals surface area contributed by atoms with Crippen molar-refractivity contribution in [2.24, 2.45) is 0 Å². The number of hydroxylamine groups is 1. The van der Waals surface area contributed by atoms with Gasteiger partial charge in [-0.15, -0.1) is 0 Å². The Balaban J connectivity index is 1.50. The zero-order valence-corrected chi connectivity index (χ0v) is 20.4. The van der Waals surface area contributed by atoms with Crippen molar-refractivity contribution in [2.75, 3.05) is 18.6 Å². The molecule has 0 saturated heterocycles. The van der Waals surface area contributed by atoms with Gasteiger partial charge in [0, 0.05) is 35.9 Å². The lowest BCUT2D eigenvalue weighted by Gasteiger charge is -2.24. The van der Waals surface area contributed by atoms with E-state index in [0.29, 0.717) is 30.7 Å². The molecule has 186 valence electrons. The van der Waals surface area contributed by atoms with Gasteiger partial charge in [0.25, 0.3) is 5.91 Å². The third kappa shape index (κ3) is 6.12. The second-order valence-electron chi connectivity index (χ2n) is 8.71. The molecular formula is C29H31N3O4. The predicted molar refractivity (Wildman–Crippen MR) is 141 cm³/mol. The highest BCUT2D eigenvalue weighted by atomic mass is 16.5. The van der Waals surface area contributed by atoms with Crippen LogP contribution >= 0.6 is 0 Å². The number of aromatic amines is 1. The van der Waals surface area contributed by atoms with Gasteiger partial charge in [0.2, 0.25) is 5.91 Å². The Morgan fingerprint density at radius 1 is 0.917 bits per heavy atom. The van der Waals surface area contributed by atoms with Crippen LogP contribution in [0.1, 0.15) is 42.5 Å². The monoisotopic (exact) mass is 485 g/mol. The zero-order chi connectivity index (χ0) is 25.3. The number of unbranched alkanes of at least 4 members (excludes halogenated alkanes) is 3. The molecule has 7 nitrogen and oxygen atoms in total. The summed E-state index contributed by atoms with van der Waals surface area (Å²) in [6, 6.07) is 23.6. The smallest absolute Gasteiger partial charge is 0.258 e. The maximum absolute atomic E-state index is 13.5. The van der Waals surface area contributed by atoms with Crippen LogP contribution in [0.5, 0.6) is 5.75 Å². The SMILES string of the molecule is COc1cccc(C(=O)N(CCCCCCC(=O)NO)c2ccc(-c3ccc4cc[nH]c4c3)cc2)c1. The van der Waals surface area contributed by atoms with Gasteiger partial charge >= 0.3 is 0 Å². The number of carbonyl (C=O) groups excluding carboxylic acids is 2. The second kappa shape index (κ2) is 12.0. The van der Waals surface area contributed by atoms with Crippen LogP contribution in [0.3, 0.4) is 0 Å². The lowest BCUT2D eigenvalue weighted by molar-refractivity contribution is -0.129. The van der Waals surface area contributed by atoms with Crippen LogP contribution < -0.4 is 15.1 Å². The molecule has 4 rings (SSSR count). The van der Waals surface area contributed by atoms with E-state index in [9.17, 15) is 9.59 Å². The Kier molecular flexibility index (Phi) is 8.36. The van der Waals surface area contributed by atoms with Crippen LogP contribution in [0.15, 0.2) is 79.0 Å². The Bertz CT molecular complexity index is 1310. The summed E-state index contributed by atoms with van der Waals surface area (Å²) in [5.41, 5.74) is 6.32. The molecule has 0 unspecified atom stereocenters. The first-order chi connectivity index (χ1) is 17.6. The maximum atomic E-state index is 13.5. The number of hydrogen-bond acceptors (Lipinski definition) is 4. The maximum Gasteiger partial charge on any atom is 0.258 e. The first-order valence-electron chi connectivity index (χ1n) is 12.2. The number of anilines is 1. The highest BCUT2D eigenvalue weighted by molar-refractivity contribution is 6.06. The number of benzene rings is 3. The van der Waals surface area contributed by atoms with Gasteiger partial charge in [-0.05, 0) is 71.8 Å². The van der Waals surface area contributed by atoms with E-state index in [0.717, 1.165) is 41.6 Å². The summed E-state index contributed by atoms with van der Waals surface area (Å²) in [7, 11) is 1.59. The molecule has 0 aliphatic heterocycles. The lowest BCUT2D eigenvalue weighted by atomic mass is 10.0. The van der Waals surface area contributed by atoms with Gasteiger partial charge in [-0.2, -0.15) is 0 Å². The minimum atomic E-state index is -0.375. The Hall–Kier alpha value is -4.10. The predicted octanol–water partition coefficient (Wildman–Crippen LogP) is 5.95. The fourth-order valence-electron chi connectivity index (χ4n) is 4.29. The van der Waals surface area contributed by atoms with E-state index in [1.807, 2.05) is 48.7 Å². The number of aromatic nitrogens is 1. The van der Waals surface area contributed by atoms with Crippen LogP contribution in [-0.4, -0.2) is 35.7 Å². The molecule has 3 aromatic carbocycles. The third-order valence-corrected chi connectivity index (χ3v) is 6.29. The molecular weight excluding hydrogens is 454 g/mol. The van der Waals surface area contributed by atoms with Gasteiger partial charge in [0.1, 0.15) is 5.75 Å². The molecule has 4 aromatic rings. The van der Waals surface area contributed by atoms with E-state index >= 15 is 0 Å². The Labute approximate surface area is 210 Å². The van der Waals surface area contributed by atoms with Gasteiger partial charge in [0.05, 0.1) is 7.11 Å². The summed E-state index contributed by atoms with van der Waals surface area (Å²) < 4.78 is 5.31. The molecule has 7 heteroatoms. The molecule has 0 aliphatic rings. The van der Waals surface area contributed by atoms with Crippen molar-refractivity contribution < 1.29 is 19.5 Å². The summed E-state index contributed by atoms with van der Waals surface area (Å²) in [6.07, 6.45) is 5.42. The van der Waals surface area contributed by atoms with E-state index in [-0.39, 0.29) is 11.8 Å². The van der Waals surface area contributed by atoms with Gasteiger partial charge in [-0.3, -0.25) is 14.8 Å². The van der Waals surface area contributed by atoms with Crippen LogP contribution in [0.2, 0.25) is 0 Å². The summed E-state index contributed by atoms with van der Waals surface area (Å²) in [5.74, 6) is 0.174. The fraction of sp³-hybridized carbons (Fsp3) is 0.241. The Morgan fingerprint density at radius 3 is 2.47 bits per heavy atom. The average molecular weight is 486 g/mol. The second-order valence-corrected chi connectivity index (χ2v) is 8.71. The molecule has 0 aliphatic carbocycles. The number of ether oxygens (including phenoxy) is 1. The molecule has 0 bridgehead atoms. The molecule has 1 aromatic heterocycles. The van der Waals surface area contributed by atoms with Gasteiger partial charge in [0.15, 0.2) is 0 Å². The van der Waals surface area contributed by atoms with Crippen molar-refractivity contribution in [3.63, 3.8) is 0 Å². The van der Waals surface area contributed by atoms with Crippen molar-refractivity contribution in [3.8, 4) is 16.9 Å². The van der Waals surface area contributed by atoms with Crippen LogP contribution in [-0.2, 0) is 4.79 Å². The summed E-state index contributed by atoms with van der Waals surface area (Å²) >= 11 is 0. The van der Waals surface area contributed by atoms with Crippen molar-refractivity contribution >= 4 is 28.4 Å². The van der Waals surface area contributed by atoms with Crippen LogP contribution in [0.4, 0.5) is 5.69 Å². The van der Waals surface area contributed by atoms with Crippen LogP contribution in [0.25, 0.3) is 22.0 Å². The number of nitrogens with one attached hydrogen (secondary N) is 2. The first-order valence-corrected chi connectivity index (χ1v) is 12.2. The zero-order valence-electron chi connectivity index (χ0n) is 20.4. The lowest BCUT2D eigenvalue weighted by Crippen LogP contribution is -2.32. The molecule has 0 spiro atoms. The fourth-order valence-corrected chi connectivity index (χ4v) is 4.29. The van der Waals surface area contributed by atoms with E-state index < -0.39 is 0 Å². The highest BCUT2D eigenvalue weighted by Gasteiger charge is 2.18. The number of nitrogens with zero attached hydrogens (tertiary/aromatic N) is 1. The molecule has 3 N–H and O–H groups in total. The minimum Gasteiger partial charge on any atom is -0.497 e. The number of carbonyl (C=O) groups is 2. The number of amides is 2. The van der Waals surface area contributed by atoms with E-state index in [1.165, 1.54) is 5.39 Å². The number of rotatable bonds is 11. The number of fused-ring (bicyclic) bond motifs is 1. The van der Waals surface area contributed by atoms with Crippen LogP contribution in [0, 0.1) is 0 Å². The molecule has 36 heavy (non-hydrogen) atoms. The van der Waals surface area contributed by atoms with Crippen molar-refractivity contribution in [2.45, 2.75) is 32.1 Å². The van der Waals surface area contributed by atoms with Gasteiger partial charge in [-0.25, -0.2) is 5.48 Å². The van der Waals surface area contributed by atoms with Crippen molar-refractivity contribution in [3.05, 3.63) is 84.6 Å². The number of methoxy groups -OCH3 is 1. The molecule has 0 fully saturated rings. The Morgan fingerprint density at radius 2 is 1.69 bits per heavy atom. The molecule has 1 heterocycles. The topological polar surface area (TPSA) is 94.7 Å². The molecule has 2 amide bonds. The van der Waals surface area contributed by atoms with E-state index in [2.05, 4.69) is 23.2 Å². The number of H-pyrrole nitrogens is 1. The largest absolute Gasteiger partial charge is 0.497 e. The van der Waals surface area contributed by atoms with Crippen molar-refractivity contribution in [1.29, 1.82) is 0 Å². The molecule has 0 atom stereocenters. The van der Waals surface area contributed by atoms with Gasteiger partial charge < -0.3 is 14.6 Å². The summed E-state index contributed by atoms with van der Waals surface area (Å²) in [4.78, 5) is 29.8. The summed E-state index contributed by atoms with van der Waals surface area (Å²) in [5, 5.41) is 9.79. The van der Waals surface area contributed by atoms with Gasteiger partial charge in [-0.1, -0.05) is 43.2 Å². The number of hydrogen-bond donors (Lipinski definition) is 3.